The van der Waals surface area contributed by atoms with Crippen LogP contribution in [0.3, 0.4) is 0 Å². The number of rotatable bonds is 11. The van der Waals surface area contributed by atoms with Gasteiger partial charge in [-0.1, -0.05) is 70.3 Å². The lowest BCUT2D eigenvalue weighted by Gasteiger charge is -2.39. The molecule has 0 aliphatic carbocycles. The Kier molecular flexibility index (Phi) is 10.4. The van der Waals surface area contributed by atoms with Crippen LogP contribution in [0.15, 0.2) is 0 Å². The minimum Gasteiger partial charge on any atom is -0.302 e. The summed E-state index contributed by atoms with van der Waals surface area (Å²) in [6, 6.07) is 0. The second-order valence-electron chi connectivity index (χ2n) is 7.12. The number of halogens is 1. The number of alkyl halides is 1. The third-order valence-corrected chi connectivity index (χ3v) is 4.84. The van der Waals surface area contributed by atoms with Gasteiger partial charge in [-0.25, -0.2) is 0 Å². The van der Waals surface area contributed by atoms with Gasteiger partial charge >= 0.3 is 0 Å². The van der Waals surface area contributed by atoms with E-state index in [4.69, 9.17) is 0 Å². The maximum atomic E-state index is 3.81. The van der Waals surface area contributed by atoms with Gasteiger partial charge < -0.3 is 4.90 Å². The van der Waals surface area contributed by atoms with Crippen LogP contribution in [-0.4, -0.2) is 29.9 Å². The van der Waals surface area contributed by atoms with Crippen molar-refractivity contribution in [3.05, 3.63) is 0 Å². The van der Waals surface area contributed by atoms with Crippen LogP contribution in [0.5, 0.6) is 0 Å². The molecule has 0 spiro atoms. The maximum absolute atomic E-state index is 3.81. The highest BCUT2D eigenvalue weighted by Crippen LogP contribution is 2.33. The van der Waals surface area contributed by atoms with E-state index < -0.39 is 0 Å². The Labute approximate surface area is 130 Å². The smallest absolute Gasteiger partial charge is 0.0100 e. The van der Waals surface area contributed by atoms with Crippen LogP contribution in [0.2, 0.25) is 0 Å². The van der Waals surface area contributed by atoms with Crippen molar-refractivity contribution in [2.45, 2.75) is 67.2 Å². The van der Waals surface area contributed by atoms with Crippen LogP contribution in [0, 0.1) is 17.3 Å². The minimum absolute atomic E-state index is 0.479. The van der Waals surface area contributed by atoms with Gasteiger partial charge in [-0.3, -0.25) is 0 Å². The Bertz CT molecular complexity index is 197. The first-order chi connectivity index (χ1) is 8.89. The van der Waals surface area contributed by atoms with Crippen molar-refractivity contribution in [3.63, 3.8) is 0 Å². The van der Waals surface area contributed by atoms with Gasteiger partial charge in [-0.15, -0.1) is 0 Å². The number of nitrogens with zero attached hydrogens (tertiary/aromatic N) is 1. The molecule has 19 heavy (non-hydrogen) atoms. The van der Waals surface area contributed by atoms with E-state index in [2.05, 4.69) is 62.4 Å². The zero-order chi connectivity index (χ0) is 14.9. The van der Waals surface area contributed by atoms with E-state index in [9.17, 15) is 0 Å². The first-order valence-corrected chi connectivity index (χ1v) is 9.29. The average molecular weight is 334 g/mol. The summed E-state index contributed by atoms with van der Waals surface area (Å²) in [6.45, 7) is 17.7. The molecule has 0 rings (SSSR count). The molecule has 116 valence electrons. The summed E-state index contributed by atoms with van der Waals surface area (Å²) in [5.74, 6) is 1.52. The predicted octanol–water partition coefficient (Wildman–Crippen LogP) is 5.58. The van der Waals surface area contributed by atoms with Crippen LogP contribution in [0.4, 0.5) is 0 Å². The van der Waals surface area contributed by atoms with Crippen LogP contribution < -0.4 is 0 Å². The molecule has 0 aliphatic heterocycles. The summed E-state index contributed by atoms with van der Waals surface area (Å²) < 4.78 is 0. The zero-order valence-electron chi connectivity index (χ0n) is 14.1. The average Bonchev–Trinajstić information content (AvgIpc) is 2.27. The van der Waals surface area contributed by atoms with Gasteiger partial charge in [0, 0.05) is 25.0 Å². The molecular weight excluding hydrogens is 298 g/mol. The number of hydrogen-bond donors (Lipinski definition) is 0. The monoisotopic (exact) mass is 333 g/mol. The van der Waals surface area contributed by atoms with Gasteiger partial charge in [-0.05, 0) is 30.1 Å². The van der Waals surface area contributed by atoms with Gasteiger partial charge in [-0.2, -0.15) is 0 Å². The molecule has 1 nitrogen and oxygen atoms in total. The van der Waals surface area contributed by atoms with Crippen LogP contribution in [0.25, 0.3) is 0 Å². The Morgan fingerprint density at radius 3 is 1.58 bits per heavy atom. The van der Waals surface area contributed by atoms with Crippen LogP contribution in [0.1, 0.15) is 67.2 Å². The molecule has 0 aromatic rings. The summed E-state index contributed by atoms with van der Waals surface area (Å²) >= 11 is 3.81. The molecule has 0 unspecified atom stereocenters. The van der Waals surface area contributed by atoms with Crippen molar-refractivity contribution >= 4 is 15.9 Å². The molecule has 0 atom stereocenters. The molecule has 0 saturated carbocycles. The van der Waals surface area contributed by atoms with E-state index in [1.54, 1.807) is 0 Å². The first-order valence-electron chi connectivity index (χ1n) is 8.17. The van der Waals surface area contributed by atoms with E-state index >= 15 is 0 Å². The molecule has 0 amide bonds. The van der Waals surface area contributed by atoms with Crippen molar-refractivity contribution in [1.82, 2.24) is 4.90 Å². The normalized spacial score (nSPS) is 12.9. The summed E-state index contributed by atoms with van der Waals surface area (Å²) in [7, 11) is 0. The van der Waals surface area contributed by atoms with Crippen molar-refractivity contribution in [2.24, 2.45) is 17.3 Å². The van der Waals surface area contributed by atoms with Gasteiger partial charge in [0.25, 0.3) is 0 Å². The zero-order valence-corrected chi connectivity index (χ0v) is 15.7. The minimum atomic E-state index is 0.479. The van der Waals surface area contributed by atoms with Crippen molar-refractivity contribution in [2.75, 3.05) is 25.0 Å². The fourth-order valence-electron chi connectivity index (χ4n) is 3.23. The second kappa shape index (κ2) is 10.2. The molecule has 0 N–H and O–H groups in total. The van der Waals surface area contributed by atoms with E-state index in [0.29, 0.717) is 5.41 Å². The fourth-order valence-corrected chi connectivity index (χ4v) is 3.97. The summed E-state index contributed by atoms with van der Waals surface area (Å²) in [6.07, 6.45) is 5.28. The predicted molar refractivity (Wildman–Crippen MR) is 92.2 cm³/mol. The third kappa shape index (κ3) is 8.34. The van der Waals surface area contributed by atoms with Crippen LogP contribution in [-0.2, 0) is 0 Å². The largest absolute Gasteiger partial charge is 0.302 e. The quantitative estimate of drug-likeness (QED) is 0.446. The van der Waals surface area contributed by atoms with Gasteiger partial charge in [0.15, 0.2) is 0 Å². The maximum Gasteiger partial charge on any atom is 0.0100 e. The van der Waals surface area contributed by atoms with E-state index in [1.807, 2.05) is 0 Å². The molecule has 0 aromatic carbocycles. The summed E-state index contributed by atoms with van der Waals surface area (Å²) in [5, 5.41) is 1.15. The Morgan fingerprint density at radius 1 is 0.895 bits per heavy atom. The fraction of sp³-hybridized carbons (Fsp3) is 1.00. The summed E-state index contributed by atoms with van der Waals surface area (Å²) in [5.41, 5.74) is 0.479. The Hall–Kier alpha value is 0.440. The molecule has 0 aliphatic rings. The lowest BCUT2D eigenvalue weighted by Crippen LogP contribution is -2.42. The first kappa shape index (κ1) is 19.4. The van der Waals surface area contributed by atoms with Gasteiger partial charge in [0.05, 0.1) is 0 Å². The third-order valence-electron chi connectivity index (χ3n) is 3.65. The topological polar surface area (TPSA) is 3.24 Å². The van der Waals surface area contributed by atoms with Crippen molar-refractivity contribution in [3.8, 4) is 0 Å². The van der Waals surface area contributed by atoms with Crippen molar-refractivity contribution in [1.29, 1.82) is 0 Å². The van der Waals surface area contributed by atoms with Gasteiger partial charge in [0.2, 0.25) is 0 Å². The highest BCUT2D eigenvalue weighted by Gasteiger charge is 2.30. The molecule has 2 heteroatoms. The molecule has 0 aromatic heterocycles. The molecule has 0 radical (unpaired) electrons. The second-order valence-corrected chi connectivity index (χ2v) is 7.68. The molecule has 0 bridgehead atoms. The molecule has 0 saturated heterocycles. The lowest BCUT2D eigenvalue weighted by molar-refractivity contribution is 0.124. The highest BCUT2D eigenvalue weighted by molar-refractivity contribution is 9.09. The molecular formula is C17H36BrN. The highest BCUT2D eigenvalue weighted by atomic mass is 79.9. The van der Waals surface area contributed by atoms with Crippen LogP contribution >= 0.6 is 15.9 Å². The summed E-state index contributed by atoms with van der Waals surface area (Å²) in [4.78, 5) is 2.71. The molecule has 0 fully saturated rings. The van der Waals surface area contributed by atoms with E-state index in [0.717, 1.165) is 17.2 Å². The molecule has 0 heterocycles. The van der Waals surface area contributed by atoms with E-state index in [1.165, 1.54) is 45.3 Å². The lowest BCUT2D eigenvalue weighted by atomic mass is 9.80. The van der Waals surface area contributed by atoms with Gasteiger partial charge in [0.1, 0.15) is 0 Å². The Morgan fingerprint density at radius 2 is 1.32 bits per heavy atom. The number of hydrogen-bond acceptors (Lipinski definition) is 1. The Balaban J connectivity index is 4.78. The SMILES string of the molecule is CCCC(CBr)(CCC)CN(CC(C)C)CC(C)C. The van der Waals surface area contributed by atoms with E-state index in [-0.39, 0.29) is 0 Å². The van der Waals surface area contributed by atoms with Crippen molar-refractivity contribution < 1.29 is 0 Å². The standard InChI is InChI=1S/C17H36BrN/c1-7-9-17(13-18,10-8-2)14-19(11-15(3)4)12-16(5)6/h15-16H,7-14H2,1-6H3.